The first-order chi connectivity index (χ1) is 2.77. The van der Waals surface area contributed by atoms with E-state index in [-0.39, 0.29) is 5.85 Å². The van der Waals surface area contributed by atoms with Gasteiger partial charge in [0.2, 0.25) is 0 Å². The van der Waals surface area contributed by atoms with Gasteiger partial charge in [-0.3, -0.25) is 4.79 Å². The molecule has 0 aromatic heterocycles. The molecule has 0 radical (unpaired) electrons. The second kappa shape index (κ2) is 3.10. The fraction of sp³-hybridized carbons (Fsp3) is 0.667. The van der Waals surface area contributed by atoms with Crippen LogP contribution in [-0.2, 0) is 9.53 Å². The number of carbonyl (C=O) groups excluding carboxylic acids is 1. The van der Waals surface area contributed by atoms with Crippen LogP contribution in [0.5, 0.6) is 0 Å². The van der Waals surface area contributed by atoms with E-state index in [0.717, 1.165) is 0 Å². The minimum absolute atomic E-state index is 0.0532. The molecule has 0 bridgehead atoms. The quantitative estimate of drug-likeness (QED) is 0.375. The minimum atomic E-state index is -0.0532. The zero-order chi connectivity index (χ0) is 4.99. The highest BCUT2D eigenvalue weighted by molar-refractivity contribution is 7.17. The van der Waals surface area contributed by atoms with Crippen LogP contribution >= 0.6 is 9.24 Å². The maximum Gasteiger partial charge on any atom is 0.293 e. The Morgan fingerprint density at radius 3 is 2.50 bits per heavy atom. The molecule has 0 spiro atoms. The molecular weight excluding hydrogens is 99.0 g/mol. The third-order valence-electron chi connectivity index (χ3n) is 0.270. The molecule has 2 unspecified atom stereocenters. The third-order valence-corrected chi connectivity index (χ3v) is 0.427. The predicted molar refractivity (Wildman–Crippen MR) is 26.3 cm³/mol. The molecule has 0 rings (SSSR count). The topological polar surface area (TPSA) is 26.3 Å². The first-order valence-corrected chi connectivity index (χ1v) is 2.28. The zero-order valence-electron chi connectivity index (χ0n) is 3.55. The smallest absolute Gasteiger partial charge is 0.293 e. The average Bonchev–Trinajstić information content (AvgIpc) is 1.35. The Morgan fingerprint density at radius 1 is 2.00 bits per heavy atom. The Balaban J connectivity index is 2.81. The van der Waals surface area contributed by atoms with Gasteiger partial charge in [0, 0.05) is 0 Å². The van der Waals surface area contributed by atoms with Crippen molar-refractivity contribution in [1.29, 1.82) is 0 Å². The summed E-state index contributed by atoms with van der Waals surface area (Å²) in [7, 11) is 2.32. The van der Waals surface area contributed by atoms with Crippen LogP contribution in [0.15, 0.2) is 0 Å². The van der Waals surface area contributed by atoms with Crippen LogP contribution in [0.4, 0.5) is 0 Å². The SMILES string of the molecule is CC(P)OC=O. The summed E-state index contributed by atoms with van der Waals surface area (Å²) in [6, 6.07) is 0. The van der Waals surface area contributed by atoms with Gasteiger partial charge in [-0.15, -0.1) is 0 Å². The summed E-state index contributed by atoms with van der Waals surface area (Å²) in [6.07, 6.45) is 0. The average molecular weight is 106 g/mol. The molecule has 0 aliphatic heterocycles. The highest BCUT2D eigenvalue weighted by Gasteiger charge is 1.83. The molecule has 2 atom stereocenters. The van der Waals surface area contributed by atoms with Gasteiger partial charge in [-0.1, -0.05) is 9.24 Å². The Hall–Kier alpha value is -0.100. The lowest BCUT2D eigenvalue weighted by Gasteiger charge is -1.96. The molecule has 6 heavy (non-hydrogen) atoms. The minimum Gasteiger partial charge on any atom is -0.461 e. The van der Waals surface area contributed by atoms with Crippen molar-refractivity contribution in [2.24, 2.45) is 0 Å². The van der Waals surface area contributed by atoms with Gasteiger partial charge in [-0.25, -0.2) is 0 Å². The van der Waals surface area contributed by atoms with E-state index in [9.17, 15) is 4.79 Å². The monoisotopic (exact) mass is 106 g/mol. The molecule has 2 nitrogen and oxygen atoms in total. The number of rotatable bonds is 2. The van der Waals surface area contributed by atoms with Crippen molar-refractivity contribution in [2.45, 2.75) is 12.8 Å². The number of hydrogen-bond donors (Lipinski definition) is 0. The van der Waals surface area contributed by atoms with E-state index in [1.54, 1.807) is 6.92 Å². The third kappa shape index (κ3) is 3.90. The van der Waals surface area contributed by atoms with Crippen molar-refractivity contribution in [3.8, 4) is 0 Å². The van der Waals surface area contributed by atoms with Crippen LogP contribution in [0.3, 0.4) is 0 Å². The molecule has 0 heterocycles. The molecule has 3 heteroatoms. The van der Waals surface area contributed by atoms with Crippen LogP contribution in [-0.4, -0.2) is 12.3 Å². The fourth-order valence-electron chi connectivity index (χ4n) is 0.0876. The molecule has 0 N–H and O–H groups in total. The van der Waals surface area contributed by atoms with E-state index >= 15 is 0 Å². The molecular formula is C3H7O2P. The van der Waals surface area contributed by atoms with Gasteiger partial charge in [-0.05, 0) is 6.92 Å². The van der Waals surface area contributed by atoms with Gasteiger partial charge in [0.25, 0.3) is 6.47 Å². The predicted octanol–water partition coefficient (Wildman–Crippen LogP) is 0.380. The summed E-state index contributed by atoms with van der Waals surface area (Å²) < 4.78 is 4.32. The second-order valence-corrected chi connectivity index (χ2v) is 1.88. The maximum absolute atomic E-state index is 9.38. The Labute approximate surface area is 39.1 Å². The first-order valence-electron chi connectivity index (χ1n) is 1.62. The van der Waals surface area contributed by atoms with Gasteiger partial charge < -0.3 is 4.74 Å². The van der Waals surface area contributed by atoms with Crippen molar-refractivity contribution >= 4 is 15.7 Å². The van der Waals surface area contributed by atoms with Crippen LogP contribution < -0.4 is 0 Å². The van der Waals surface area contributed by atoms with E-state index in [1.807, 2.05) is 0 Å². The van der Waals surface area contributed by atoms with Crippen molar-refractivity contribution in [3.05, 3.63) is 0 Å². The van der Waals surface area contributed by atoms with Crippen LogP contribution in [0.1, 0.15) is 6.92 Å². The van der Waals surface area contributed by atoms with E-state index < -0.39 is 0 Å². The molecule has 0 saturated carbocycles. The summed E-state index contributed by atoms with van der Waals surface area (Å²) in [6.45, 7) is 2.19. The molecule has 0 aliphatic carbocycles. The summed E-state index contributed by atoms with van der Waals surface area (Å²) in [5, 5.41) is 0. The van der Waals surface area contributed by atoms with E-state index in [4.69, 9.17) is 0 Å². The largest absolute Gasteiger partial charge is 0.461 e. The Kier molecular flexibility index (Phi) is 3.05. The first kappa shape index (κ1) is 5.90. The number of carbonyl (C=O) groups is 1. The van der Waals surface area contributed by atoms with Gasteiger partial charge in [0.15, 0.2) is 0 Å². The Bertz CT molecular complexity index is 44.1. The van der Waals surface area contributed by atoms with Crippen molar-refractivity contribution in [1.82, 2.24) is 0 Å². The molecule has 0 fully saturated rings. The van der Waals surface area contributed by atoms with Gasteiger partial charge in [0.1, 0.15) is 5.85 Å². The number of ether oxygens (including phenoxy) is 1. The van der Waals surface area contributed by atoms with Crippen molar-refractivity contribution in [2.75, 3.05) is 0 Å². The lowest BCUT2D eigenvalue weighted by molar-refractivity contribution is -0.129. The maximum atomic E-state index is 9.38. The molecule has 36 valence electrons. The van der Waals surface area contributed by atoms with Crippen LogP contribution in [0, 0.1) is 0 Å². The van der Waals surface area contributed by atoms with E-state index in [2.05, 4.69) is 14.0 Å². The molecule has 0 saturated heterocycles. The highest BCUT2D eigenvalue weighted by atomic mass is 31.0. The molecule has 0 aromatic rings. The summed E-state index contributed by atoms with van der Waals surface area (Å²) in [5.74, 6) is -0.0532. The van der Waals surface area contributed by atoms with Gasteiger partial charge in [-0.2, -0.15) is 0 Å². The number of hydrogen-bond acceptors (Lipinski definition) is 2. The van der Waals surface area contributed by atoms with Gasteiger partial charge >= 0.3 is 0 Å². The highest BCUT2D eigenvalue weighted by Crippen LogP contribution is 1.94. The van der Waals surface area contributed by atoms with Crippen LogP contribution in [0.2, 0.25) is 0 Å². The molecule has 0 aliphatic rings. The van der Waals surface area contributed by atoms with E-state index in [1.165, 1.54) is 0 Å². The summed E-state index contributed by atoms with van der Waals surface area (Å²) in [4.78, 5) is 9.38. The second-order valence-electron chi connectivity index (χ2n) is 0.937. The van der Waals surface area contributed by atoms with E-state index in [0.29, 0.717) is 6.47 Å². The molecule has 0 aromatic carbocycles. The summed E-state index contributed by atoms with van der Waals surface area (Å²) >= 11 is 0. The standard InChI is InChI=1S/C3H7O2P/c1-3(6)5-2-4/h2-3H,6H2,1H3. The summed E-state index contributed by atoms with van der Waals surface area (Å²) in [5.41, 5.74) is 0. The van der Waals surface area contributed by atoms with Crippen LogP contribution in [0.25, 0.3) is 0 Å². The lowest BCUT2D eigenvalue weighted by atomic mass is 10.9. The normalized spacial score (nSPS) is 13.0. The van der Waals surface area contributed by atoms with Gasteiger partial charge in [0.05, 0.1) is 0 Å². The zero-order valence-corrected chi connectivity index (χ0v) is 4.70. The Morgan fingerprint density at radius 2 is 2.50 bits per heavy atom. The fourth-order valence-corrected chi connectivity index (χ4v) is 0.152. The van der Waals surface area contributed by atoms with Crippen molar-refractivity contribution in [3.63, 3.8) is 0 Å². The molecule has 0 amide bonds. The lowest BCUT2D eigenvalue weighted by Crippen LogP contribution is -1.93. The van der Waals surface area contributed by atoms with Crippen molar-refractivity contribution < 1.29 is 9.53 Å².